The number of amides is 1. The molecule has 0 saturated heterocycles. The van der Waals surface area contributed by atoms with Crippen LogP contribution < -0.4 is 10.6 Å². The van der Waals surface area contributed by atoms with Gasteiger partial charge in [0.25, 0.3) is 0 Å². The van der Waals surface area contributed by atoms with Gasteiger partial charge in [-0.3, -0.25) is 4.79 Å². The van der Waals surface area contributed by atoms with Gasteiger partial charge in [-0.15, -0.1) is 24.2 Å². The van der Waals surface area contributed by atoms with E-state index >= 15 is 0 Å². The van der Waals surface area contributed by atoms with Gasteiger partial charge in [-0.1, -0.05) is 15.9 Å². The standard InChI is InChI=1S/C13H19BrN2OS.ClH/c1-15-8-9-16-13(17)3-2-10-18-12-6-4-11(14)5-7-12;/h4-7,15H,2-3,8-10H2,1H3,(H,16,17);1H. The van der Waals surface area contributed by atoms with E-state index in [0.29, 0.717) is 13.0 Å². The van der Waals surface area contributed by atoms with E-state index in [2.05, 4.69) is 38.7 Å². The molecule has 1 aromatic rings. The van der Waals surface area contributed by atoms with E-state index in [-0.39, 0.29) is 18.3 Å². The van der Waals surface area contributed by atoms with Gasteiger partial charge in [0.1, 0.15) is 0 Å². The van der Waals surface area contributed by atoms with Gasteiger partial charge in [-0.2, -0.15) is 0 Å². The first-order chi connectivity index (χ1) is 8.72. The average molecular weight is 368 g/mol. The summed E-state index contributed by atoms with van der Waals surface area (Å²) in [7, 11) is 1.88. The molecule has 19 heavy (non-hydrogen) atoms. The van der Waals surface area contributed by atoms with Crippen molar-refractivity contribution < 1.29 is 4.79 Å². The summed E-state index contributed by atoms with van der Waals surface area (Å²) < 4.78 is 1.09. The molecule has 0 unspecified atom stereocenters. The SMILES string of the molecule is CNCCNC(=O)CCCSc1ccc(Br)cc1.Cl. The highest BCUT2D eigenvalue weighted by atomic mass is 79.9. The minimum Gasteiger partial charge on any atom is -0.355 e. The van der Waals surface area contributed by atoms with Crippen LogP contribution in [0.5, 0.6) is 0 Å². The fourth-order valence-electron chi connectivity index (χ4n) is 1.37. The Labute approximate surface area is 133 Å². The normalized spacial score (nSPS) is 9.79. The molecule has 0 heterocycles. The molecule has 0 saturated carbocycles. The Morgan fingerprint density at radius 2 is 1.95 bits per heavy atom. The van der Waals surface area contributed by atoms with Crippen molar-refractivity contribution in [3.8, 4) is 0 Å². The van der Waals surface area contributed by atoms with Crippen molar-refractivity contribution in [3.05, 3.63) is 28.7 Å². The van der Waals surface area contributed by atoms with E-state index in [9.17, 15) is 4.79 Å². The van der Waals surface area contributed by atoms with Crippen molar-refractivity contribution in [2.75, 3.05) is 25.9 Å². The Kier molecular flexibility index (Phi) is 11.4. The molecule has 2 N–H and O–H groups in total. The molecule has 0 aliphatic heterocycles. The van der Waals surface area contributed by atoms with E-state index < -0.39 is 0 Å². The first-order valence-electron chi connectivity index (χ1n) is 6.02. The Morgan fingerprint density at radius 1 is 1.26 bits per heavy atom. The molecule has 0 fully saturated rings. The first kappa shape index (κ1) is 18.8. The smallest absolute Gasteiger partial charge is 0.220 e. The van der Waals surface area contributed by atoms with Crippen LogP contribution in [0.25, 0.3) is 0 Å². The van der Waals surface area contributed by atoms with Crippen molar-refractivity contribution in [3.63, 3.8) is 0 Å². The molecule has 3 nitrogen and oxygen atoms in total. The summed E-state index contributed by atoms with van der Waals surface area (Å²) >= 11 is 5.20. The number of benzene rings is 1. The van der Waals surface area contributed by atoms with Crippen molar-refractivity contribution in [1.82, 2.24) is 10.6 Å². The van der Waals surface area contributed by atoms with Gasteiger partial charge in [-0.05, 0) is 43.5 Å². The second-order valence-electron chi connectivity index (χ2n) is 3.86. The van der Waals surface area contributed by atoms with Crippen LogP contribution in [0.1, 0.15) is 12.8 Å². The third-order valence-corrected chi connectivity index (χ3v) is 3.95. The van der Waals surface area contributed by atoms with Gasteiger partial charge in [0.15, 0.2) is 0 Å². The summed E-state index contributed by atoms with van der Waals surface area (Å²) in [5.41, 5.74) is 0. The molecule has 0 spiro atoms. The third-order valence-electron chi connectivity index (χ3n) is 2.33. The number of hydrogen-bond donors (Lipinski definition) is 2. The topological polar surface area (TPSA) is 41.1 Å². The molecule has 0 bridgehead atoms. The zero-order chi connectivity index (χ0) is 13.2. The van der Waals surface area contributed by atoms with Crippen molar-refractivity contribution >= 4 is 46.0 Å². The highest BCUT2D eigenvalue weighted by Gasteiger charge is 2.00. The molecule has 0 aliphatic carbocycles. The third kappa shape index (κ3) is 9.32. The Hall–Kier alpha value is -0.230. The van der Waals surface area contributed by atoms with Crippen LogP contribution in [0, 0.1) is 0 Å². The van der Waals surface area contributed by atoms with Gasteiger partial charge in [0.05, 0.1) is 0 Å². The molecule has 1 amide bonds. The van der Waals surface area contributed by atoms with E-state index in [1.54, 1.807) is 11.8 Å². The molecular weight excluding hydrogens is 348 g/mol. The maximum Gasteiger partial charge on any atom is 0.220 e. The molecule has 0 radical (unpaired) electrons. The Morgan fingerprint density at radius 3 is 2.58 bits per heavy atom. The van der Waals surface area contributed by atoms with E-state index in [0.717, 1.165) is 23.2 Å². The summed E-state index contributed by atoms with van der Waals surface area (Å²) in [4.78, 5) is 12.7. The summed E-state index contributed by atoms with van der Waals surface area (Å²) in [6.07, 6.45) is 1.51. The second kappa shape index (κ2) is 11.6. The molecule has 0 aromatic heterocycles. The van der Waals surface area contributed by atoms with Crippen molar-refractivity contribution in [2.24, 2.45) is 0 Å². The van der Waals surface area contributed by atoms with Crippen LogP contribution in [0.2, 0.25) is 0 Å². The largest absolute Gasteiger partial charge is 0.355 e. The Balaban J connectivity index is 0.00000324. The van der Waals surface area contributed by atoms with Crippen LogP contribution >= 0.6 is 40.1 Å². The predicted octanol–water partition coefficient (Wildman–Crippen LogP) is 3.08. The number of carbonyl (C=O) groups excluding carboxylic acids is 1. The maximum absolute atomic E-state index is 11.4. The van der Waals surface area contributed by atoms with E-state index in [1.807, 2.05) is 19.2 Å². The quantitative estimate of drug-likeness (QED) is 0.548. The van der Waals surface area contributed by atoms with Gasteiger partial charge in [0, 0.05) is 28.9 Å². The molecule has 0 aliphatic rings. The number of thioether (sulfide) groups is 1. The average Bonchev–Trinajstić information content (AvgIpc) is 2.37. The number of carbonyl (C=O) groups is 1. The van der Waals surface area contributed by atoms with Gasteiger partial charge >= 0.3 is 0 Å². The lowest BCUT2D eigenvalue weighted by Crippen LogP contribution is -2.30. The molecule has 1 aromatic carbocycles. The highest BCUT2D eigenvalue weighted by Crippen LogP contribution is 2.21. The zero-order valence-electron chi connectivity index (χ0n) is 10.9. The number of rotatable bonds is 8. The van der Waals surface area contributed by atoms with Crippen molar-refractivity contribution in [2.45, 2.75) is 17.7 Å². The number of nitrogens with one attached hydrogen (secondary N) is 2. The maximum atomic E-state index is 11.4. The monoisotopic (exact) mass is 366 g/mol. The molecule has 108 valence electrons. The fourth-order valence-corrected chi connectivity index (χ4v) is 2.49. The minimum absolute atomic E-state index is 0. The zero-order valence-corrected chi connectivity index (χ0v) is 14.2. The summed E-state index contributed by atoms with van der Waals surface area (Å²) in [5.74, 6) is 1.11. The first-order valence-corrected chi connectivity index (χ1v) is 7.80. The van der Waals surface area contributed by atoms with Crippen LogP contribution in [-0.4, -0.2) is 31.8 Å². The second-order valence-corrected chi connectivity index (χ2v) is 5.94. The number of hydrogen-bond acceptors (Lipinski definition) is 3. The molecule has 1 rings (SSSR count). The van der Waals surface area contributed by atoms with E-state index in [1.165, 1.54) is 4.90 Å². The number of halogens is 2. The van der Waals surface area contributed by atoms with Gasteiger partial charge in [0.2, 0.25) is 5.91 Å². The lowest BCUT2D eigenvalue weighted by molar-refractivity contribution is -0.121. The number of likely N-dealkylation sites (N-methyl/N-ethyl adjacent to an activating group) is 1. The molecule has 6 heteroatoms. The van der Waals surface area contributed by atoms with Crippen molar-refractivity contribution in [1.29, 1.82) is 0 Å². The fraction of sp³-hybridized carbons (Fsp3) is 0.462. The van der Waals surface area contributed by atoms with Crippen LogP contribution in [0.3, 0.4) is 0 Å². The van der Waals surface area contributed by atoms with Crippen LogP contribution in [0.15, 0.2) is 33.6 Å². The Bertz CT molecular complexity index is 362. The summed E-state index contributed by atoms with van der Waals surface area (Å²) in [5, 5.41) is 5.87. The highest BCUT2D eigenvalue weighted by molar-refractivity contribution is 9.10. The van der Waals surface area contributed by atoms with E-state index in [4.69, 9.17) is 0 Å². The van der Waals surface area contributed by atoms with Gasteiger partial charge in [-0.25, -0.2) is 0 Å². The van der Waals surface area contributed by atoms with Crippen LogP contribution in [0.4, 0.5) is 0 Å². The summed E-state index contributed by atoms with van der Waals surface area (Å²) in [6, 6.07) is 8.24. The summed E-state index contributed by atoms with van der Waals surface area (Å²) in [6.45, 7) is 1.52. The van der Waals surface area contributed by atoms with Gasteiger partial charge < -0.3 is 10.6 Å². The lowest BCUT2D eigenvalue weighted by atomic mass is 10.3. The molecule has 0 atom stereocenters. The molecular formula is C13H20BrClN2OS. The predicted molar refractivity (Wildman–Crippen MR) is 88.3 cm³/mol. The minimum atomic E-state index is 0. The lowest BCUT2D eigenvalue weighted by Gasteiger charge is -2.04. The van der Waals surface area contributed by atoms with Crippen LogP contribution in [-0.2, 0) is 4.79 Å².